The van der Waals surface area contributed by atoms with Gasteiger partial charge >= 0.3 is 0 Å². The summed E-state index contributed by atoms with van der Waals surface area (Å²) >= 11 is 1.59. The molecule has 3 rings (SSSR count). The molecule has 21 heavy (non-hydrogen) atoms. The summed E-state index contributed by atoms with van der Waals surface area (Å²) in [6.07, 6.45) is 3.54. The lowest BCUT2D eigenvalue weighted by molar-refractivity contribution is -0.162. The van der Waals surface area contributed by atoms with Crippen LogP contribution in [0.1, 0.15) is 36.6 Å². The second kappa shape index (κ2) is 5.40. The molecule has 2 unspecified atom stereocenters. The third kappa shape index (κ3) is 2.46. The monoisotopic (exact) mass is 307 g/mol. The molecule has 2 amide bonds. The number of carbonyl (C=O) groups excluding carboxylic acids is 2. The molecular formula is C15H21N3O2S. The predicted octanol–water partition coefficient (Wildman–Crippen LogP) is 1.81. The Kier molecular flexibility index (Phi) is 3.73. The van der Waals surface area contributed by atoms with Crippen molar-refractivity contribution in [3.63, 3.8) is 0 Å². The Labute approximate surface area is 129 Å². The molecule has 0 N–H and O–H groups in total. The molecule has 5 nitrogen and oxygen atoms in total. The molecule has 0 radical (unpaired) electrons. The fourth-order valence-electron chi connectivity index (χ4n) is 3.36. The quantitative estimate of drug-likeness (QED) is 0.856. The van der Waals surface area contributed by atoms with Gasteiger partial charge in [-0.3, -0.25) is 9.59 Å². The second-order valence-electron chi connectivity index (χ2n) is 6.21. The zero-order valence-corrected chi connectivity index (χ0v) is 13.5. The van der Waals surface area contributed by atoms with Crippen LogP contribution in [0.25, 0.3) is 0 Å². The van der Waals surface area contributed by atoms with E-state index in [4.69, 9.17) is 0 Å². The Bertz CT molecular complexity index is 569. The van der Waals surface area contributed by atoms with Crippen LogP contribution in [0, 0.1) is 12.8 Å². The molecule has 0 spiro atoms. The Morgan fingerprint density at radius 2 is 2.14 bits per heavy atom. The zero-order valence-electron chi connectivity index (χ0n) is 12.7. The van der Waals surface area contributed by atoms with Crippen LogP contribution in [0.3, 0.4) is 0 Å². The standard InChI is InChI=1S/C15H21N3O2S/c1-9(2)13-15(20)17-6-4-5-11(17)14(19)18(13)8-12-16-7-10(3)21-12/h7,9,11,13H,4-6,8H2,1-3H3. The summed E-state index contributed by atoms with van der Waals surface area (Å²) in [5, 5.41) is 0.908. The van der Waals surface area contributed by atoms with E-state index in [-0.39, 0.29) is 29.8 Å². The first-order valence-electron chi connectivity index (χ1n) is 7.51. The van der Waals surface area contributed by atoms with Gasteiger partial charge in [-0.1, -0.05) is 13.8 Å². The smallest absolute Gasteiger partial charge is 0.246 e. The summed E-state index contributed by atoms with van der Waals surface area (Å²) < 4.78 is 0. The normalized spacial score (nSPS) is 25.9. The fourth-order valence-corrected chi connectivity index (χ4v) is 4.15. The number of aromatic nitrogens is 1. The number of amides is 2. The first kappa shape index (κ1) is 14.5. The minimum absolute atomic E-state index is 0.0960. The largest absolute Gasteiger partial charge is 0.329 e. The number of rotatable bonds is 3. The lowest BCUT2D eigenvalue weighted by atomic mass is 9.96. The number of nitrogens with zero attached hydrogens (tertiary/aromatic N) is 3. The highest BCUT2D eigenvalue weighted by Crippen LogP contribution is 2.31. The van der Waals surface area contributed by atoms with Crippen molar-refractivity contribution in [2.75, 3.05) is 6.54 Å². The van der Waals surface area contributed by atoms with Gasteiger partial charge in [0.25, 0.3) is 0 Å². The van der Waals surface area contributed by atoms with E-state index < -0.39 is 0 Å². The SMILES string of the molecule is Cc1cnc(CN2C(=O)C3CCCN3C(=O)C2C(C)C)s1. The van der Waals surface area contributed by atoms with Crippen LogP contribution >= 0.6 is 11.3 Å². The van der Waals surface area contributed by atoms with Gasteiger partial charge in [-0.15, -0.1) is 11.3 Å². The van der Waals surface area contributed by atoms with Gasteiger partial charge in [0, 0.05) is 17.6 Å². The van der Waals surface area contributed by atoms with Crippen molar-refractivity contribution in [1.82, 2.24) is 14.8 Å². The average Bonchev–Trinajstić information content (AvgIpc) is 3.04. The van der Waals surface area contributed by atoms with E-state index in [0.29, 0.717) is 6.54 Å². The van der Waals surface area contributed by atoms with Crippen molar-refractivity contribution >= 4 is 23.2 Å². The molecular weight excluding hydrogens is 286 g/mol. The van der Waals surface area contributed by atoms with Gasteiger partial charge in [-0.2, -0.15) is 0 Å². The highest BCUT2D eigenvalue weighted by atomic mass is 32.1. The van der Waals surface area contributed by atoms with E-state index in [2.05, 4.69) is 4.98 Å². The lowest BCUT2D eigenvalue weighted by Crippen LogP contribution is -2.63. The van der Waals surface area contributed by atoms with Gasteiger partial charge in [0.05, 0.1) is 6.54 Å². The van der Waals surface area contributed by atoms with Crippen molar-refractivity contribution in [3.05, 3.63) is 16.1 Å². The molecule has 114 valence electrons. The summed E-state index contributed by atoms with van der Waals surface area (Å²) in [6, 6.07) is -0.593. The highest BCUT2D eigenvalue weighted by molar-refractivity contribution is 7.11. The number of hydrogen-bond acceptors (Lipinski definition) is 4. The summed E-state index contributed by atoms with van der Waals surface area (Å²) in [5.41, 5.74) is 0. The van der Waals surface area contributed by atoms with Crippen molar-refractivity contribution in [2.45, 2.75) is 52.2 Å². The number of piperazine rings is 1. The second-order valence-corrected chi connectivity index (χ2v) is 7.53. The summed E-state index contributed by atoms with van der Waals surface area (Å²) in [5.74, 6) is 0.322. The molecule has 0 saturated carbocycles. The van der Waals surface area contributed by atoms with Gasteiger partial charge in [-0.25, -0.2) is 4.98 Å². The van der Waals surface area contributed by atoms with Gasteiger partial charge < -0.3 is 9.80 Å². The first-order chi connectivity index (χ1) is 9.99. The van der Waals surface area contributed by atoms with Crippen LogP contribution in [-0.4, -0.2) is 45.2 Å². The summed E-state index contributed by atoms with van der Waals surface area (Å²) in [6.45, 7) is 7.20. The Balaban J connectivity index is 1.90. The number of aryl methyl sites for hydroxylation is 1. The molecule has 6 heteroatoms. The van der Waals surface area contributed by atoms with E-state index in [0.717, 1.165) is 29.3 Å². The predicted molar refractivity (Wildman–Crippen MR) is 80.8 cm³/mol. The molecule has 2 aliphatic heterocycles. The van der Waals surface area contributed by atoms with Crippen LogP contribution < -0.4 is 0 Å². The molecule has 2 fully saturated rings. The zero-order chi connectivity index (χ0) is 15.1. The Morgan fingerprint density at radius 3 is 2.76 bits per heavy atom. The Morgan fingerprint density at radius 1 is 1.38 bits per heavy atom. The van der Waals surface area contributed by atoms with E-state index in [1.807, 2.05) is 27.0 Å². The number of fused-ring (bicyclic) bond motifs is 1. The van der Waals surface area contributed by atoms with Crippen molar-refractivity contribution in [3.8, 4) is 0 Å². The van der Waals surface area contributed by atoms with Crippen LogP contribution in [0.15, 0.2) is 6.20 Å². The van der Waals surface area contributed by atoms with Gasteiger partial charge in [0.15, 0.2) is 0 Å². The first-order valence-corrected chi connectivity index (χ1v) is 8.33. The van der Waals surface area contributed by atoms with Crippen molar-refractivity contribution in [1.29, 1.82) is 0 Å². The molecule has 0 aliphatic carbocycles. The topological polar surface area (TPSA) is 53.5 Å². The van der Waals surface area contributed by atoms with Crippen molar-refractivity contribution in [2.24, 2.45) is 5.92 Å². The number of carbonyl (C=O) groups is 2. The number of thiazole rings is 1. The third-order valence-electron chi connectivity index (χ3n) is 4.30. The maximum atomic E-state index is 12.8. The maximum Gasteiger partial charge on any atom is 0.246 e. The van der Waals surface area contributed by atoms with Gasteiger partial charge in [0.2, 0.25) is 11.8 Å². The minimum Gasteiger partial charge on any atom is -0.329 e. The van der Waals surface area contributed by atoms with Crippen LogP contribution in [0.5, 0.6) is 0 Å². The molecule has 0 bridgehead atoms. The molecule has 1 aromatic heterocycles. The molecule has 2 atom stereocenters. The Hall–Kier alpha value is -1.43. The van der Waals surface area contributed by atoms with Crippen LogP contribution in [0.4, 0.5) is 0 Å². The fraction of sp³-hybridized carbons (Fsp3) is 0.667. The molecule has 1 aromatic rings. The van der Waals surface area contributed by atoms with Crippen molar-refractivity contribution < 1.29 is 9.59 Å². The summed E-state index contributed by atoms with van der Waals surface area (Å²) in [4.78, 5) is 34.5. The van der Waals surface area contributed by atoms with Gasteiger partial charge in [0.1, 0.15) is 17.1 Å². The third-order valence-corrected chi connectivity index (χ3v) is 5.20. The summed E-state index contributed by atoms with van der Waals surface area (Å²) in [7, 11) is 0. The molecule has 3 heterocycles. The maximum absolute atomic E-state index is 12.8. The minimum atomic E-state index is -0.351. The van der Waals surface area contributed by atoms with E-state index in [1.54, 1.807) is 21.1 Å². The molecule has 2 aliphatic rings. The van der Waals surface area contributed by atoms with Crippen LogP contribution in [-0.2, 0) is 16.1 Å². The van der Waals surface area contributed by atoms with Crippen LogP contribution in [0.2, 0.25) is 0 Å². The molecule has 2 saturated heterocycles. The van der Waals surface area contributed by atoms with Gasteiger partial charge in [-0.05, 0) is 25.7 Å². The molecule has 0 aromatic carbocycles. The van der Waals surface area contributed by atoms with E-state index >= 15 is 0 Å². The number of hydrogen-bond donors (Lipinski definition) is 0. The average molecular weight is 307 g/mol. The lowest BCUT2D eigenvalue weighted by Gasteiger charge is -2.43. The van der Waals surface area contributed by atoms with E-state index in [1.165, 1.54) is 0 Å². The highest BCUT2D eigenvalue weighted by Gasteiger charge is 2.48. The van der Waals surface area contributed by atoms with E-state index in [9.17, 15) is 9.59 Å².